The summed E-state index contributed by atoms with van der Waals surface area (Å²) in [6, 6.07) is 23.0. The molecule has 0 aromatic heterocycles. The highest BCUT2D eigenvalue weighted by atomic mass is 32.2. The number of hydrogen-bond acceptors (Lipinski definition) is 6. The quantitative estimate of drug-likeness (QED) is 0.622. The summed E-state index contributed by atoms with van der Waals surface area (Å²) < 4.78 is 25.6. The SMILES string of the molecule is CS(=O)(=O)N(C(=O)[C@@H](N)Cc1cccc(C#N)c1)c1ccc(-c2ccccc2C#N)cc1. The zero-order valence-corrected chi connectivity index (χ0v) is 18.1. The molecule has 0 saturated carbocycles. The van der Waals surface area contributed by atoms with Gasteiger partial charge in [0.05, 0.1) is 41.3 Å². The van der Waals surface area contributed by atoms with E-state index in [2.05, 4.69) is 6.07 Å². The first kappa shape index (κ1) is 22.7. The van der Waals surface area contributed by atoms with Gasteiger partial charge in [0.1, 0.15) is 0 Å². The largest absolute Gasteiger partial charge is 0.320 e. The summed E-state index contributed by atoms with van der Waals surface area (Å²) in [6.45, 7) is 0. The third-order valence-corrected chi connectivity index (χ3v) is 5.88. The predicted molar refractivity (Wildman–Crippen MR) is 122 cm³/mol. The summed E-state index contributed by atoms with van der Waals surface area (Å²) in [6.07, 6.45) is 1.01. The molecule has 3 aromatic carbocycles. The van der Waals surface area contributed by atoms with Crippen molar-refractivity contribution in [3.05, 3.63) is 89.5 Å². The van der Waals surface area contributed by atoms with E-state index in [-0.39, 0.29) is 12.1 Å². The van der Waals surface area contributed by atoms with Crippen molar-refractivity contribution in [2.45, 2.75) is 12.5 Å². The third-order valence-electron chi connectivity index (χ3n) is 4.82. The number of nitriles is 2. The fourth-order valence-corrected chi connectivity index (χ4v) is 4.32. The van der Waals surface area contributed by atoms with Crippen LogP contribution in [-0.4, -0.2) is 26.6 Å². The Balaban J connectivity index is 1.90. The molecule has 7 nitrogen and oxygen atoms in total. The maximum absolute atomic E-state index is 13.0. The monoisotopic (exact) mass is 444 g/mol. The summed E-state index contributed by atoms with van der Waals surface area (Å²) in [5.41, 5.74) is 9.19. The first-order valence-corrected chi connectivity index (χ1v) is 11.5. The molecule has 0 aliphatic rings. The maximum Gasteiger partial charge on any atom is 0.257 e. The van der Waals surface area contributed by atoms with Crippen molar-refractivity contribution in [3.63, 3.8) is 0 Å². The maximum atomic E-state index is 13.0. The van der Waals surface area contributed by atoms with Gasteiger partial charge >= 0.3 is 0 Å². The van der Waals surface area contributed by atoms with Gasteiger partial charge in [-0.25, -0.2) is 12.7 Å². The van der Waals surface area contributed by atoms with Crippen molar-refractivity contribution in [2.24, 2.45) is 5.73 Å². The third kappa shape index (κ3) is 5.01. The molecule has 1 atom stereocenters. The van der Waals surface area contributed by atoms with Crippen LogP contribution >= 0.6 is 0 Å². The van der Waals surface area contributed by atoms with Gasteiger partial charge < -0.3 is 5.73 Å². The van der Waals surface area contributed by atoms with E-state index in [9.17, 15) is 18.5 Å². The number of carbonyl (C=O) groups excluding carboxylic acids is 1. The molecule has 0 aliphatic carbocycles. The van der Waals surface area contributed by atoms with Crippen LogP contribution in [0.15, 0.2) is 72.8 Å². The van der Waals surface area contributed by atoms with Crippen LogP contribution in [0.5, 0.6) is 0 Å². The lowest BCUT2D eigenvalue weighted by Crippen LogP contribution is -2.47. The molecule has 0 radical (unpaired) electrons. The van der Waals surface area contributed by atoms with Crippen molar-refractivity contribution in [1.82, 2.24) is 0 Å². The fourth-order valence-electron chi connectivity index (χ4n) is 3.35. The van der Waals surface area contributed by atoms with E-state index in [1.54, 1.807) is 60.7 Å². The Hall–Kier alpha value is -3.98. The van der Waals surface area contributed by atoms with Gasteiger partial charge in [-0.2, -0.15) is 10.5 Å². The molecule has 0 unspecified atom stereocenters. The molecule has 0 fully saturated rings. The minimum atomic E-state index is -3.96. The van der Waals surface area contributed by atoms with Crippen molar-refractivity contribution in [3.8, 4) is 23.3 Å². The van der Waals surface area contributed by atoms with Gasteiger partial charge in [-0.15, -0.1) is 0 Å². The van der Waals surface area contributed by atoms with Crippen LogP contribution in [0, 0.1) is 22.7 Å². The van der Waals surface area contributed by atoms with Crippen LogP contribution in [0.25, 0.3) is 11.1 Å². The Morgan fingerprint density at radius 3 is 2.31 bits per heavy atom. The van der Waals surface area contributed by atoms with Crippen LogP contribution in [0.3, 0.4) is 0 Å². The zero-order valence-electron chi connectivity index (χ0n) is 17.3. The van der Waals surface area contributed by atoms with E-state index < -0.39 is 22.0 Å². The van der Waals surface area contributed by atoms with Gasteiger partial charge in [0.25, 0.3) is 5.91 Å². The number of rotatable bonds is 6. The van der Waals surface area contributed by atoms with Gasteiger partial charge in [0.15, 0.2) is 0 Å². The Labute approximate surface area is 187 Å². The minimum Gasteiger partial charge on any atom is -0.320 e. The number of nitrogens with zero attached hydrogens (tertiary/aromatic N) is 3. The second-order valence-electron chi connectivity index (χ2n) is 7.19. The Kier molecular flexibility index (Phi) is 6.70. The Morgan fingerprint density at radius 2 is 1.69 bits per heavy atom. The highest BCUT2D eigenvalue weighted by Crippen LogP contribution is 2.27. The number of anilines is 1. The molecule has 8 heteroatoms. The van der Waals surface area contributed by atoms with Gasteiger partial charge in [0.2, 0.25) is 10.0 Å². The molecule has 3 rings (SSSR count). The summed E-state index contributed by atoms with van der Waals surface area (Å²) >= 11 is 0. The lowest BCUT2D eigenvalue weighted by Gasteiger charge is -2.24. The number of sulfonamides is 1. The van der Waals surface area contributed by atoms with Crippen LogP contribution in [-0.2, 0) is 21.2 Å². The topological polar surface area (TPSA) is 128 Å². The average Bonchev–Trinajstić information content (AvgIpc) is 2.78. The molecule has 1 amide bonds. The normalized spacial score (nSPS) is 11.8. The molecule has 0 saturated heterocycles. The molecule has 0 spiro atoms. The molecular formula is C24H20N4O3S. The second-order valence-corrected chi connectivity index (χ2v) is 9.02. The van der Waals surface area contributed by atoms with E-state index in [0.29, 0.717) is 32.1 Å². The van der Waals surface area contributed by atoms with E-state index in [4.69, 9.17) is 11.0 Å². The van der Waals surface area contributed by atoms with Crippen LogP contribution in [0.2, 0.25) is 0 Å². The van der Waals surface area contributed by atoms with E-state index in [1.165, 1.54) is 12.1 Å². The fraction of sp³-hybridized carbons (Fsp3) is 0.125. The lowest BCUT2D eigenvalue weighted by atomic mass is 10.00. The van der Waals surface area contributed by atoms with E-state index in [0.717, 1.165) is 6.26 Å². The van der Waals surface area contributed by atoms with Crippen molar-refractivity contribution in [1.29, 1.82) is 10.5 Å². The number of nitrogens with two attached hydrogens (primary N) is 1. The van der Waals surface area contributed by atoms with Gasteiger partial charge in [-0.1, -0.05) is 42.5 Å². The van der Waals surface area contributed by atoms with Crippen molar-refractivity contribution >= 4 is 21.6 Å². The average molecular weight is 445 g/mol. The molecule has 0 bridgehead atoms. The number of amides is 1. The Bertz CT molecular complexity index is 1340. The number of benzene rings is 3. The Morgan fingerprint density at radius 1 is 1.00 bits per heavy atom. The summed E-state index contributed by atoms with van der Waals surface area (Å²) in [4.78, 5) is 13.0. The second kappa shape index (κ2) is 9.44. The summed E-state index contributed by atoms with van der Waals surface area (Å²) in [7, 11) is -3.96. The van der Waals surface area contributed by atoms with Crippen LogP contribution in [0.4, 0.5) is 5.69 Å². The zero-order chi connectivity index (χ0) is 23.3. The van der Waals surface area contributed by atoms with Crippen molar-refractivity contribution < 1.29 is 13.2 Å². The highest BCUT2D eigenvalue weighted by Gasteiger charge is 2.30. The van der Waals surface area contributed by atoms with Crippen LogP contribution in [0.1, 0.15) is 16.7 Å². The van der Waals surface area contributed by atoms with E-state index in [1.807, 2.05) is 6.07 Å². The molecule has 2 N–H and O–H groups in total. The molecular weight excluding hydrogens is 424 g/mol. The first-order chi connectivity index (χ1) is 15.2. The predicted octanol–water partition coefficient (Wildman–Crippen LogP) is 2.96. The summed E-state index contributed by atoms with van der Waals surface area (Å²) in [5.74, 6) is -0.778. The summed E-state index contributed by atoms with van der Waals surface area (Å²) in [5, 5.41) is 18.3. The standard InChI is InChI=1S/C24H20N4O3S/c1-32(30,31)28(24(29)23(27)14-17-5-4-6-18(13-17)15-25)21-11-9-19(10-12-21)22-8-3-2-7-20(22)16-26/h2-13,23H,14,27H2,1H3/t23-/m0/s1. The molecule has 32 heavy (non-hydrogen) atoms. The number of carbonyl (C=O) groups is 1. The molecule has 3 aromatic rings. The number of hydrogen-bond donors (Lipinski definition) is 1. The van der Waals surface area contributed by atoms with Gasteiger partial charge in [0, 0.05) is 0 Å². The highest BCUT2D eigenvalue weighted by molar-refractivity contribution is 7.92. The van der Waals surface area contributed by atoms with Gasteiger partial charge in [-0.3, -0.25) is 4.79 Å². The molecule has 0 aliphatic heterocycles. The minimum absolute atomic E-state index is 0.0774. The first-order valence-electron chi connectivity index (χ1n) is 9.63. The van der Waals surface area contributed by atoms with Gasteiger partial charge in [-0.05, 0) is 53.4 Å². The van der Waals surface area contributed by atoms with Crippen LogP contribution < -0.4 is 10.0 Å². The molecule has 0 heterocycles. The smallest absolute Gasteiger partial charge is 0.257 e. The lowest BCUT2D eigenvalue weighted by molar-refractivity contribution is -0.118. The van der Waals surface area contributed by atoms with Crippen molar-refractivity contribution in [2.75, 3.05) is 10.6 Å². The molecule has 160 valence electrons. The van der Waals surface area contributed by atoms with E-state index >= 15 is 0 Å².